The fourth-order valence-electron chi connectivity index (χ4n) is 4.82. The molecule has 0 spiro atoms. The van der Waals surface area contributed by atoms with Crippen molar-refractivity contribution >= 4 is 16.9 Å². The molecule has 4 heteroatoms. The summed E-state index contributed by atoms with van der Waals surface area (Å²) < 4.78 is 14.4. The lowest BCUT2D eigenvalue weighted by Gasteiger charge is -2.21. The van der Waals surface area contributed by atoms with Gasteiger partial charge in [-0.3, -0.25) is 0 Å². The van der Waals surface area contributed by atoms with E-state index in [1.807, 2.05) is 12.1 Å². The van der Waals surface area contributed by atoms with Crippen LogP contribution in [0.1, 0.15) is 32.6 Å². The third-order valence-corrected chi connectivity index (χ3v) is 6.49. The van der Waals surface area contributed by atoms with Crippen LogP contribution in [0.3, 0.4) is 0 Å². The number of hydrogen-bond acceptors (Lipinski definition) is 3. The van der Waals surface area contributed by atoms with Crippen LogP contribution >= 0.6 is 0 Å². The predicted octanol–water partition coefficient (Wildman–Crippen LogP) is 5.41. The summed E-state index contributed by atoms with van der Waals surface area (Å²) in [6.07, 6.45) is 3.56. The third kappa shape index (κ3) is 2.78. The highest BCUT2D eigenvalue weighted by Crippen LogP contribution is 2.64. The van der Waals surface area contributed by atoms with Crippen LogP contribution in [0.2, 0.25) is 0 Å². The average molecular weight is 387 g/mol. The second kappa shape index (κ2) is 6.24. The first kappa shape index (κ1) is 18.0. The van der Waals surface area contributed by atoms with Gasteiger partial charge in [-0.05, 0) is 68.1 Å². The maximum atomic E-state index is 12.1. The van der Waals surface area contributed by atoms with Crippen LogP contribution in [0, 0.1) is 0 Å². The van der Waals surface area contributed by atoms with E-state index in [4.69, 9.17) is 9.47 Å². The second-order valence-corrected chi connectivity index (χ2v) is 8.46. The van der Waals surface area contributed by atoms with Crippen molar-refractivity contribution in [3.8, 4) is 17.0 Å². The van der Waals surface area contributed by atoms with E-state index < -0.39 is 5.60 Å². The molecule has 1 heterocycles. The van der Waals surface area contributed by atoms with Gasteiger partial charge < -0.3 is 14.0 Å². The summed E-state index contributed by atoms with van der Waals surface area (Å²) in [6.45, 7) is 5.38. The van der Waals surface area contributed by atoms with Gasteiger partial charge in [0.1, 0.15) is 5.75 Å². The van der Waals surface area contributed by atoms with Crippen molar-refractivity contribution in [3.05, 3.63) is 66.7 Å². The molecule has 0 aliphatic heterocycles. The number of esters is 1. The molecule has 1 aromatic heterocycles. The lowest BCUT2D eigenvalue weighted by molar-refractivity contribution is -0.149. The summed E-state index contributed by atoms with van der Waals surface area (Å²) in [6, 6.07) is 18.8. The van der Waals surface area contributed by atoms with Crippen LogP contribution < -0.4 is 4.74 Å². The number of hydrogen-bond donors (Lipinski definition) is 0. The van der Waals surface area contributed by atoms with E-state index in [-0.39, 0.29) is 11.6 Å². The molecule has 29 heavy (non-hydrogen) atoms. The number of fused-ring (bicyclic) bond motifs is 2. The molecule has 2 aliphatic carbocycles. The molecule has 2 fully saturated rings. The van der Waals surface area contributed by atoms with E-state index in [1.165, 1.54) is 16.6 Å². The molecule has 0 amide bonds. The van der Waals surface area contributed by atoms with Gasteiger partial charge in [0.05, 0.1) is 0 Å². The lowest BCUT2D eigenvalue weighted by atomic mass is 10.1. The van der Waals surface area contributed by atoms with Gasteiger partial charge in [0.25, 0.3) is 0 Å². The quantitative estimate of drug-likeness (QED) is 0.434. The Labute approximate surface area is 170 Å². The number of aromatic nitrogens is 1. The molecule has 2 aromatic carbocycles. The molecule has 2 unspecified atom stereocenters. The Hall–Kier alpha value is -3.01. The van der Waals surface area contributed by atoms with Crippen LogP contribution in [-0.2, 0) is 16.6 Å². The van der Waals surface area contributed by atoms with Crippen LogP contribution in [0.4, 0.5) is 0 Å². The van der Waals surface area contributed by atoms with E-state index in [0.717, 1.165) is 37.0 Å². The van der Waals surface area contributed by atoms with Crippen molar-refractivity contribution in [2.45, 2.75) is 43.8 Å². The van der Waals surface area contributed by atoms with Gasteiger partial charge in [-0.2, -0.15) is 0 Å². The Morgan fingerprint density at radius 3 is 2.52 bits per heavy atom. The molecule has 2 saturated carbocycles. The first-order valence-corrected chi connectivity index (χ1v) is 10.2. The van der Waals surface area contributed by atoms with Gasteiger partial charge in [-0.1, -0.05) is 24.8 Å². The Balaban J connectivity index is 1.37. The first-order chi connectivity index (χ1) is 13.9. The zero-order chi connectivity index (χ0) is 20.2. The van der Waals surface area contributed by atoms with Gasteiger partial charge in [0, 0.05) is 35.6 Å². The summed E-state index contributed by atoms with van der Waals surface area (Å²) >= 11 is 0. The minimum Gasteiger partial charge on any atom is -0.483 e. The molecule has 0 saturated heterocycles. The second-order valence-electron chi connectivity index (χ2n) is 8.46. The molecule has 2 aliphatic rings. The van der Waals surface area contributed by atoms with Gasteiger partial charge in [-0.15, -0.1) is 0 Å². The van der Waals surface area contributed by atoms with E-state index in [1.54, 1.807) is 6.92 Å². The molecular weight excluding hydrogens is 362 g/mol. The third-order valence-electron chi connectivity index (χ3n) is 6.49. The Morgan fingerprint density at radius 2 is 1.79 bits per heavy atom. The number of carbonyl (C=O) groups excluding carboxylic acids is 1. The zero-order valence-electron chi connectivity index (χ0n) is 16.9. The molecule has 0 radical (unpaired) electrons. The monoisotopic (exact) mass is 387 g/mol. The minimum absolute atomic E-state index is 0.316. The number of benzene rings is 2. The summed E-state index contributed by atoms with van der Waals surface area (Å²) in [4.78, 5) is 12.1. The average Bonchev–Trinajstić information content (AvgIpc) is 2.99. The number of carbonyl (C=O) groups is 1. The summed E-state index contributed by atoms with van der Waals surface area (Å²) in [5.41, 5.74) is 3.13. The van der Waals surface area contributed by atoms with E-state index in [0.29, 0.717) is 5.57 Å². The SMILES string of the molecule is C=C(C)C(=O)OC12CCCC1(Oc1ccc(-c3cc4ccccc4n3C)cc1)C2. The maximum Gasteiger partial charge on any atom is 0.333 e. The molecular formula is C25H25NO3. The number of nitrogens with zero attached hydrogens (tertiary/aromatic N) is 1. The van der Waals surface area contributed by atoms with Crippen molar-refractivity contribution in [1.82, 2.24) is 4.57 Å². The Bertz CT molecular complexity index is 1130. The highest BCUT2D eigenvalue weighted by molar-refractivity contribution is 5.88. The van der Waals surface area contributed by atoms with E-state index in [2.05, 4.69) is 60.7 Å². The van der Waals surface area contributed by atoms with Gasteiger partial charge in [0.2, 0.25) is 0 Å². The summed E-state index contributed by atoms with van der Waals surface area (Å²) in [7, 11) is 2.09. The highest BCUT2D eigenvalue weighted by atomic mass is 16.6. The minimum atomic E-state index is -0.475. The maximum absolute atomic E-state index is 12.1. The fraction of sp³-hybridized carbons (Fsp3) is 0.320. The molecule has 0 N–H and O–H groups in total. The fourth-order valence-corrected chi connectivity index (χ4v) is 4.82. The smallest absolute Gasteiger partial charge is 0.333 e. The van der Waals surface area contributed by atoms with Crippen molar-refractivity contribution in [3.63, 3.8) is 0 Å². The number of rotatable bonds is 5. The van der Waals surface area contributed by atoms with Crippen LogP contribution in [0.15, 0.2) is 66.7 Å². The Kier molecular flexibility index (Phi) is 3.89. The normalized spacial score (nSPS) is 24.9. The van der Waals surface area contributed by atoms with Gasteiger partial charge >= 0.3 is 5.97 Å². The predicted molar refractivity (Wildman–Crippen MR) is 114 cm³/mol. The molecule has 0 bridgehead atoms. The van der Waals surface area contributed by atoms with E-state index >= 15 is 0 Å². The van der Waals surface area contributed by atoms with Gasteiger partial charge in [-0.25, -0.2) is 4.79 Å². The van der Waals surface area contributed by atoms with Crippen LogP contribution in [0.5, 0.6) is 5.75 Å². The topological polar surface area (TPSA) is 40.5 Å². The molecule has 5 rings (SSSR count). The summed E-state index contributed by atoms with van der Waals surface area (Å²) in [5, 5.41) is 1.23. The number of ether oxygens (including phenoxy) is 2. The first-order valence-electron chi connectivity index (χ1n) is 10.2. The molecule has 3 aromatic rings. The van der Waals surface area contributed by atoms with Gasteiger partial charge in [0.15, 0.2) is 11.2 Å². The van der Waals surface area contributed by atoms with Crippen molar-refractivity contribution in [2.24, 2.45) is 7.05 Å². The molecule has 4 nitrogen and oxygen atoms in total. The number of aryl methyl sites for hydroxylation is 1. The number of para-hydroxylation sites is 1. The van der Waals surface area contributed by atoms with Crippen molar-refractivity contribution in [2.75, 3.05) is 0 Å². The van der Waals surface area contributed by atoms with E-state index in [9.17, 15) is 4.79 Å². The summed E-state index contributed by atoms with van der Waals surface area (Å²) in [5.74, 6) is 0.506. The Morgan fingerprint density at radius 1 is 1.07 bits per heavy atom. The highest BCUT2D eigenvalue weighted by Gasteiger charge is 2.76. The lowest BCUT2D eigenvalue weighted by Crippen LogP contribution is -2.31. The van der Waals surface area contributed by atoms with Crippen LogP contribution in [-0.4, -0.2) is 21.7 Å². The van der Waals surface area contributed by atoms with Crippen molar-refractivity contribution < 1.29 is 14.3 Å². The molecule has 2 atom stereocenters. The largest absolute Gasteiger partial charge is 0.483 e. The van der Waals surface area contributed by atoms with Crippen molar-refractivity contribution in [1.29, 1.82) is 0 Å². The standard InChI is InChI=1S/C25H25NO3/c1-17(2)23(27)29-25-14-6-13-24(25,16-25)28-20-11-9-18(10-12-20)22-15-19-7-4-5-8-21(19)26(22)3/h4-5,7-12,15H,1,6,13-14,16H2,2-3H3. The molecule has 148 valence electrons. The zero-order valence-corrected chi connectivity index (χ0v) is 16.9. The van der Waals surface area contributed by atoms with Crippen LogP contribution in [0.25, 0.3) is 22.2 Å².